The highest BCUT2D eigenvalue weighted by Crippen LogP contribution is 2.31. The Kier molecular flexibility index (Phi) is 6.34. The zero-order chi connectivity index (χ0) is 23.0. The van der Waals surface area contributed by atoms with Gasteiger partial charge in [-0.3, -0.25) is 9.36 Å². The number of carbonyl (C=O) groups is 1. The van der Waals surface area contributed by atoms with Gasteiger partial charge in [0.1, 0.15) is 10.9 Å². The van der Waals surface area contributed by atoms with Crippen LogP contribution in [0.3, 0.4) is 0 Å². The molecule has 0 spiro atoms. The van der Waals surface area contributed by atoms with Gasteiger partial charge in [0.25, 0.3) is 5.56 Å². The fourth-order valence-electron chi connectivity index (χ4n) is 2.57. The van der Waals surface area contributed by atoms with Crippen molar-refractivity contribution in [2.24, 2.45) is 5.10 Å². The zero-order valence-electron chi connectivity index (χ0n) is 15.3. The summed E-state index contributed by atoms with van der Waals surface area (Å²) in [6.07, 6.45) is -11.8. The van der Waals surface area contributed by atoms with Gasteiger partial charge in [0.2, 0.25) is 0 Å². The third-order valence-corrected chi connectivity index (χ3v) is 5.35. The Hall–Kier alpha value is -2.84. The number of amides is 1. The third-order valence-electron chi connectivity index (χ3n) is 4.10. The maximum Gasteiger partial charge on any atom is 0.425 e. The van der Waals surface area contributed by atoms with Crippen molar-refractivity contribution in [2.75, 3.05) is 0 Å². The van der Waals surface area contributed by atoms with Gasteiger partial charge < -0.3 is 5.11 Å². The molecule has 2 rings (SSSR count). The van der Waals surface area contributed by atoms with Crippen molar-refractivity contribution in [2.45, 2.75) is 45.2 Å². The number of hydrogen-bond acceptors (Lipinski definition) is 5. The quantitative estimate of drug-likeness (QED) is 0.406. The van der Waals surface area contributed by atoms with Crippen molar-refractivity contribution in [3.05, 3.63) is 31.3 Å². The Balaban J connectivity index is 2.82. The summed E-state index contributed by atoms with van der Waals surface area (Å²) in [6, 6.07) is -2.58. The highest BCUT2D eigenvalue weighted by atomic mass is 32.1. The van der Waals surface area contributed by atoms with E-state index in [0.717, 1.165) is 6.21 Å². The molecular formula is C15H14F6N4O4S. The minimum Gasteiger partial charge on any atom is -0.464 e. The van der Waals surface area contributed by atoms with Crippen molar-refractivity contribution in [1.29, 1.82) is 0 Å². The highest BCUT2D eigenvalue weighted by Gasteiger charge is 2.40. The van der Waals surface area contributed by atoms with Crippen molar-refractivity contribution < 1.29 is 36.2 Å². The molecule has 0 radical (unpaired) electrons. The van der Waals surface area contributed by atoms with Crippen LogP contribution in [0.15, 0.2) is 14.7 Å². The van der Waals surface area contributed by atoms with Crippen LogP contribution in [0, 0.1) is 6.92 Å². The topological polar surface area (TPSA) is 106 Å². The predicted molar refractivity (Wildman–Crippen MR) is 95.3 cm³/mol. The molecule has 1 unspecified atom stereocenters. The Bertz CT molecular complexity index is 1110. The molecule has 15 heteroatoms. The smallest absolute Gasteiger partial charge is 0.425 e. The average Bonchev–Trinajstić information content (AvgIpc) is 2.89. The minimum absolute atomic E-state index is 0.0415. The molecule has 0 aromatic carbocycles. The maximum absolute atomic E-state index is 13.2. The number of carboxylic acid groups (broad SMARTS) is 1. The molecule has 1 atom stereocenters. The van der Waals surface area contributed by atoms with Crippen molar-refractivity contribution in [1.82, 2.24) is 14.6 Å². The summed E-state index contributed by atoms with van der Waals surface area (Å²) < 4.78 is 77.9. The van der Waals surface area contributed by atoms with Crippen LogP contribution in [0.2, 0.25) is 0 Å². The van der Waals surface area contributed by atoms with E-state index in [-0.39, 0.29) is 25.2 Å². The summed E-state index contributed by atoms with van der Waals surface area (Å²) in [5.41, 5.74) is -1.16. The lowest BCUT2D eigenvalue weighted by Crippen LogP contribution is -2.45. The van der Waals surface area contributed by atoms with Gasteiger partial charge >= 0.3 is 24.1 Å². The third kappa shape index (κ3) is 4.83. The number of fused-ring (bicyclic) bond motifs is 1. The van der Waals surface area contributed by atoms with E-state index >= 15 is 0 Å². The number of nitrogens with one attached hydrogen (secondary N) is 1. The lowest BCUT2D eigenvalue weighted by molar-refractivity contribution is -0.164. The van der Waals surface area contributed by atoms with Crippen LogP contribution >= 0.6 is 11.3 Å². The van der Waals surface area contributed by atoms with Crippen LogP contribution in [0.1, 0.15) is 29.8 Å². The van der Waals surface area contributed by atoms with Crippen LogP contribution in [-0.2, 0) is 6.54 Å². The summed E-state index contributed by atoms with van der Waals surface area (Å²) in [5, 5.41) is 11.5. The molecule has 0 bridgehead atoms. The molecule has 0 saturated carbocycles. The largest absolute Gasteiger partial charge is 0.464 e. The monoisotopic (exact) mass is 460 g/mol. The first-order chi connectivity index (χ1) is 13.6. The van der Waals surface area contributed by atoms with Crippen molar-refractivity contribution >= 4 is 33.9 Å². The summed E-state index contributed by atoms with van der Waals surface area (Å²) in [4.78, 5) is 35.5. The standard InChI is InChI=1S/C15H14F6N4O4S/c1-6-8(5-22-23-12(27)28)30-11-9(6)10(26)25(7(2)15(19,20)21)13(29)24(11)4-3-14(16,17)18/h5,7,23H,3-4H2,1-2H3,(H,27,28). The lowest BCUT2D eigenvalue weighted by Gasteiger charge is -2.20. The summed E-state index contributed by atoms with van der Waals surface area (Å²) in [7, 11) is 0. The molecule has 0 aliphatic heterocycles. The molecule has 1 amide bonds. The Morgan fingerprint density at radius 3 is 2.37 bits per heavy atom. The van der Waals surface area contributed by atoms with Gasteiger partial charge in [0.05, 0.1) is 22.9 Å². The molecule has 2 aromatic heterocycles. The molecule has 2 heterocycles. The molecule has 0 fully saturated rings. The zero-order valence-corrected chi connectivity index (χ0v) is 16.1. The van der Waals surface area contributed by atoms with Gasteiger partial charge in [0, 0.05) is 6.54 Å². The van der Waals surface area contributed by atoms with E-state index in [2.05, 4.69) is 5.10 Å². The number of alkyl halides is 6. The molecular weight excluding hydrogens is 446 g/mol. The van der Waals surface area contributed by atoms with E-state index in [1.54, 1.807) is 5.43 Å². The molecule has 0 aliphatic rings. The number of halogens is 6. The van der Waals surface area contributed by atoms with E-state index in [9.17, 15) is 40.7 Å². The maximum atomic E-state index is 13.2. The van der Waals surface area contributed by atoms with E-state index in [4.69, 9.17) is 5.11 Å². The van der Waals surface area contributed by atoms with E-state index in [0.29, 0.717) is 22.8 Å². The fraction of sp³-hybridized carbons (Fsp3) is 0.467. The number of hydrogen-bond donors (Lipinski definition) is 2. The van der Waals surface area contributed by atoms with Crippen LogP contribution in [0.25, 0.3) is 10.2 Å². The van der Waals surface area contributed by atoms with Crippen LogP contribution in [0.5, 0.6) is 0 Å². The Morgan fingerprint density at radius 1 is 1.27 bits per heavy atom. The number of nitrogens with zero attached hydrogens (tertiary/aromatic N) is 3. The van der Waals surface area contributed by atoms with Gasteiger partial charge in [0.15, 0.2) is 0 Å². The van der Waals surface area contributed by atoms with Crippen LogP contribution in [0.4, 0.5) is 31.1 Å². The summed E-state index contributed by atoms with van der Waals surface area (Å²) in [5.74, 6) is 0. The first-order valence-electron chi connectivity index (χ1n) is 8.09. The predicted octanol–water partition coefficient (Wildman–Crippen LogP) is 3.21. The molecule has 8 nitrogen and oxygen atoms in total. The second-order valence-corrected chi connectivity index (χ2v) is 7.17. The van der Waals surface area contributed by atoms with Crippen LogP contribution < -0.4 is 16.7 Å². The van der Waals surface area contributed by atoms with Gasteiger partial charge in [-0.25, -0.2) is 19.6 Å². The fourth-order valence-corrected chi connectivity index (χ4v) is 3.77. The summed E-state index contributed by atoms with van der Waals surface area (Å²) >= 11 is 0.628. The molecule has 2 aromatic rings. The van der Waals surface area contributed by atoms with Crippen molar-refractivity contribution in [3.63, 3.8) is 0 Å². The van der Waals surface area contributed by atoms with Gasteiger partial charge in [-0.05, 0) is 19.4 Å². The number of thiophene rings is 1. The van der Waals surface area contributed by atoms with E-state index in [1.165, 1.54) is 6.92 Å². The van der Waals surface area contributed by atoms with Crippen LogP contribution in [-0.4, -0.2) is 38.9 Å². The normalized spacial score (nSPS) is 13.9. The number of aromatic nitrogens is 2. The van der Waals surface area contributed by atoms with E-state index < -0.39 is 48.7 Å². The average molecular weight is 460 g/mol. The number of rotatable bonds is 5. The second-order valence-electron chi connectivity index (χ2n) is 6.14. The molecule has 2 N–H and O–H groups in total. The van der Waals surface area contributed by atoms with Gasteiger partial charge in [-0.2, -0.15) is 31.4 Å². The number of hydrazone groups is 1. The SMILES string of the molecule is Cc1c(C=NNC(=O)O)sc2c1c(=O)n(C(C)C(F)(F)F)c(=O)n2CCC(F)(F)F. The Labute approximate surface area is 167 Å². The lowest BCUT2D eigenvalue weighted by atomic mass is 10.2. The molecule has 0 saturated heterocycles. The molecule has 166 valence electrons. The summed E-state index contributed by atoms with van der Waals surface area (Å²) in [6.45, 7) is 0.834. The second kappa shape index (κ2) is 8.12. The highest BCUT2D eigenvalue weighted by molar-refractivity contribution is 7.20. The minimum atomic E-state index is -5.00. The molecule has 0 aliphatic carbocycles. The van der Waals surface area contributed by atoms with Gasteiger partial charge in [-0.1, -0.05) is 0 Å². The van der Waals surface area contributed by atoms with Crippen molar-refractivity contribution in [3.8, 4) is 0 Å². The first-order valence-corrected chi connectivity index (χ1v) is 8.90. The number of aryl methyl sites for hydroxylation is 2. The Morgan fingerprint density at radius 2 is 1.87 bits per heavy atom. The van der Waals surface area contributed by atoms with Gasteiger partial charge in [-0.15, -0.1) is 11.3 Å². The first kappa shape index (κ1) is 23.4. The molecule has 30 heavy (non-hydrogen) atoms. The van der Waals surface area contributed by atoms with E-state index in [1.807, 2.05) is 0 Å².